The number of carbonyl (C=O) groups is 1. The molecule has 0 N–H and O–H groups in total. The van der Waals surface area contributed by atoms with Crippen molar-refractivity contribution in [3.8, 4) is 0 Å². The number of Topliss-reactive ketones (excluding diaryl/α,β-unsaturated/α-hetero) is 1. The van der Waals surface area contributed by atoms with E-state index in [1.165, 1.54) is 5.56 Å². The molecule has 0 saturated carbocycles. The highest BCUT2D eigenvalue weighted by molar-refractivity contribution is 8.21. The molecule has 0 spiro atoms. The number of carbonyl (C=O) groups excluding carboxylic acids is 1. The summed E-state index contributed by atoms with van der Waals surface area (Å²) in [5.74, 6) is 0.194. The van der Waals surface area contributed by atoms with Crippen molar-refractivity contribution in [3.63, 3.8) is 0 Å². The van der Waals surface area contributed by atoms with Crippen molar-refractivity contribution < 1.29 is 4.79 Å². The molecular weight excluding hydrogens is 308 g/mol. The second kappa shape index (κ2) is 8.25. The molecule has 0 radical (unpaired) electrons. The number of thioether (sulfide) groups is 2. The van der Waals surface area contributed by atoms with E-state index in [-0.39, 0.29) is 11.7 Å². The zero-order valence-corrected chi connectivity index (χ0v) is 14.7. The Balaban J connectivity index is 2.49. The van der Waals surface area contributed by atoms with Crippen LogP contribution in [0.15, 0.2) is 70.5 Å². The number of allylic oxidation sites excluding steroid dienone is 1. The van der Waals surface area contributed by atoms with Gasteiger partial charge in [-0.25, -0.2) is 0 Å². The topological polar surface area (TPSA) is 17.1 Å². The fourth-order valence-corrected chi connectivity index (χ4v) is 4.07. The van der Waals surface area contributed by atoms with Crippen LogP contribution in [0.3, 0.4) is 0 Å². The largest absolute Gasteiger partial charge is 0.289 e. The van der Waals surface area contributed by atoms with E-state index in [9.17, 15) is 4.79 Å². The van der Waals surface area contributed by atoms with E-state index >= 15 is 0 Å². The van der Waals surface area contributed by atoms with Gasteiger partial charge in [-0.05, 0) is 18.1 Å². The Bertz CT molecular complexity index is 642. The van der Waals surface area contributed by atoms with Crippen LogP contribution >= 0.6 is 23.5 Å². The Hall–Kier alpha value is -1.45. The van der Waals surface area contributed by atoms with Crippen molar-refractivity contribution in [1.29, 1.82) is 0 Å². The Labute approximate surface area is 141 Å². The normalized spacial score (nSPS) is 11.8. The molecule has 0 aliphatic carbocycles. The molecule has 0 heterocycles. The van der Waals surface area contributed by atoms with Gasteiger partial charge in [0.1, 0.15) is 0 Å². The average Bonchev–Trinajstić information content (AvgIpc) is 2.60. The maximum absolute atomic E-state index is 13.0. The van der Waals surface area contributed by atoms with Gasteiger partial charge in [0.25, 0.3) is 0 Å². The lowest BCUT2D eigenvalue weighted by molar-refractivity contribution is 0.102. The van der Waals surface area contributed by atoms with Crippen molar-refractivity contribution in [2.24, 2.45) is 0 Å². The molecule has 2 aromatic carbocycles. The summed E-state index contributed by atoms with van der Waals surface area (Å²) in [7, 11) is 0. The molecule has 0 bridgehead atoms. The molecule has 1 unspecified atom stereocenters. The Kier molecular flexibility index (Phi) is 6.34. The standard InChI is InChI=1S/C19H20OS2/c1-14(15-10-6-4-7-11-15)17(19(21-2)22-3)18(20)16-12-8-5-9-13-16/h4-14H,1-3H3. The summed E-state index contributed by atoms with van der Waals surface area (Å²) in [6, 6.07) is 19.8. The minimum Gasteiger partial charge on any atom is -0.289 e. The van der Waals surface area contributed by atoms with Crippen molar-refractivity contribution in [2.75, 3.05) is 12.5 Å². The highest BCUT2D eigenvalue weighted by atomic mass is 32.2. The third kappa shape index (κ3) is 3.84. The minimum absolute atomic E-state index is 0.0730. The van der Waals surface area contributed by atoms with Gasteiger partial charge in [0.05, 0.1) is 0 Å². The molecule has 2 aromatic rings. The summed E-state index contributed by atoms with van der Waals surface area (Å²) in [5.41, 5.74) is 2.81. The summed E-state index contributed by atoms with van der Waals surface area (Å²) in [6.07, 6.45) is 4.06. The molecule has 22 heavy (non-hydrogen) atoms. The van der Waals surface area contributed by atoms with E-state index in [0.29, 0.717) is 0 Å². The lowest BCUT2D eigenvalue weighted by Gasteiger charge is -2.19. The van der Waals surface area contributed by atoms with Crippen LogP contribution < -0.4 is 0 Å². The molecule has 0 aliphatic heterocycles. The smallest absolute Gasteiger partial charge is 0.191 e. The highest BCUT2D eigenvalue weighted by Crippen LogP contribution is 2.37. The minimum atomic E-state index is 0.0730. The van der Waals surface area contributed by atoms with Gasteiger partial charge in [0.2, 0.25) is 0 Å². The maximum Gasteiger partial charge on any atom is 0.191 e. The average molecular weight is 329 g/mol. The number of rotatable bonds is 6. The lowest BCUT2D eigenvalue weighted by atomic mass is 9.89. The molecule has 0 fully saturated rings. The maximum atomic E-state index is 13.0. The second-order valence-corrected chi connectivity index (χ2v) is 6.83. The zero-order valence-electron chi connectivity index (χ0n) is 13.1. The quantitative estimate of drug-likeness (QED) is 0.507. The predicted molar refractivity (Wildman–Crippen MR) is 99.7 cm³/mol. The van der Waals surface area contributed by atoms with Crippen LogP contribution in [0.2, 0.25) is 0 Å². The van der Waals surface area contributed by atoms with E-state index < -0.39 is 0 Å². The van der Waals surface area contributed by atoms with Crippen LogP contribution in [-0.2, 0) is 0 Å². The number of hydrogen-bond acceptors (Lipinski definition) is 3. The molecule has 1 atom stereocenters. The van der Waals surface area contributed by atoms with Gasteiger partial charge >= 0.3 is 0 Å². The van der Waals surface area contributed by atoms with Crippen molar-refractivity contribution in [1.82, 2.24) is 0 Å². The molecule has 0 amide bonds. The monoisotopic (exact) mass is 328 g/mol. The molecule has 114 valence electrons. The van der Waals surface area contributed by atoms with Crippen molar-refractivity contribution in [2.45, 2.75) is 12.8 Å². The Morgan fingerprint density at radius 1 is 0.864 bits per heavy atom. The SMILES string of the molecule is CSC(SC)=C(C(=O)c1ccccc1)C(C)c1ccccc1. The number of ketones is 1. The van der Waals surface area contributed by atoms with Gasteiger partial charge in [-0.15, -0.1) is 23.5 Å². The summed E-state index contributed by atoms with van der Waals surface area (Å²) in [4.78, 5) is 13.0. The van der Waals surface area contributed by atoms with E-state index in [1.54, 1.807) is 23.5 Å². The van der Waals surface area contributed by atoms with E-state index in [0.717, 1.165) is 15.4 Å². The van der Waals surface area contributed by atoms with Crippen LogP contribution in [0.5, 0.6) is 0 Å². The third-order valence-electron chi connectivity index (χ3n) is 3.60. The first kappa shape index (κ1) is 16.9. The molecule has 2 rings (SSSR count). The molecule has 0 aliphatic rings. The first-order valence-corrected chi connectivity index (χ1v) is 9.60. The Morgan fingerprint density at radius 2 is 1.36 bits per heavy atom. The van der Waals surface area contributed by atoms with Crippen molar-refractivity contribution in [3.05, 3.63) is 81.6 Å². The van der Waals surface area contributed by atoms with Gasteiger partial charge < -0.3 is 0 Å². The number of benzene rings is 2. The highest BCUT2D eigenvalue weighted by Gasteiger charge is 2.23. The lowest BCUT2D eigenvalue weighted by Crippen LogP contribution is -2.11. The first-order valence-electron chi connectivity index (χ1n) is 7.15. The van der Waals surface area contributed by atoms with E-state index in [2.05, 4.69) is 19.1 Å². The molecule has 1 nitrogen and oxygen atoms in total. The van der Waals surface area contributed by atoms with Crippen LogP contribution in [0, 0.1) is 0 Å². The number of hydrogen-bond donors (Lipinski definition) is 0. The molecule has 0 aromatic heterocycles. The fraction of sp³-hybridized carbons (Fsp3) is 0.211. The van der Waals surface area contributed by atoms with Gasteiger partial charge in [-0.1, -0.05) is 67.6 Å². The summed E-state index contributed by atoms with van der Waals surface area (Å²) in [6.45, 7) is 2.11. The van der Waals surface area contributed by atoms with E-state index in [1.807, 2.05) is 61.0 Å². The van der Waals surface area contributed by atoms with E-state index in [4.69, 9.17) is 0 Å². The molecule has 3 heteroatoms. The van der Waals surface area contributed by atoms with Crippen LogP contribution in [0.4, 0.5) is 0 Å². The fourth-order valence-electron chi connectivity index (χ4n) is 2.42. The van der Waals surface area contributed by atoms with Gasteiger partial charge in [-0.2, -0.15) is 0 Å². The first-order chi connectivity index (χ1) is 10.7. The zero-order chi connectivity index (χ0) is 15.9. The Morgan fingerprint density at radius 3 is 1.86 bits per heavy atom. The van der Waals surface area contributed by atoms with Gasteiger partial charge in [0.15, 0.2) is 5.78 Å². The summed E-state index contributed by atoms with van der Waals surface area (Å²) >= 11 is 3.29. The van der Waals surface area contributed by atoms with Gasteiger partial charge in [0, 0.05) is 21.3 Å². The van der Waals surface area contributed by atoms with Gasteiger partial charge in [-0.3, -0.25) is 4.79 Å². The molecular formula is C19H20OS2. The van der Waals surface area contributed by atoms with Crippen LogP contribution in [-0.4, -0.2) is 18.3 Å². The summed E-state index contributed by atoms with van der Waals surface area (Å²) in [5, 5.41) is 0. The van der Waals surface area contributed by atoms with Crippen LogP contribution in [0.1, 0.15) is 28.8 Å². The molecule has 0 saturated heterocycles. The summed E-state index contributed by atoms with van der Waals surface area (Å²) < 4.78 is 1.09. The predicted octanol–water partition coefficient (Wildman–Crippen LogP) is 5.61. The van der Waals surface area contributed by atoms with Crippen molar-refractivity contribution >= 4 is 29.3 Å². The van der Waals surface area contributed by atoms with Crippen LogP contribution in [0.25, 0.3) is 0 Å². The second-order valence-electron chi connectivity index (χ2n) is 4.94. The third-order valence-corrected chi connectivity index (χ3v) is 5.79.